The molecule has 1 heterocycles. The van der Waals surface area contributed by atoms with Gasteiger partial charge < -0.3 is 10.6 Å². The molecule has 0 atom stereocenters. The number of nitrogens with one attached hydrogen (secondary N) is 2. The number of hydrogen-bond donors (Lipinski definition) is 2. The number of halogens is 1. The van der Waals surface area contributed by atoms with Crippen molar-refractivity contribution in [2.75, 3.05) is 5.32 Å². The zero-order chi connectivity index (χ0) is 16.1. The molecule has 0 radical (unpaired) electrons. The highest BCUT2D eigenvalue weighted by Crippen LogP contribution is 2.19. The Morgan fingerprint density at radius 1 is 1.00 bits per heavy atom. The van der Waals surface area contributed by atoms with Crippen molar-refractivity contribution in [2.24, 2.45) is 0 Å². The summed E-state index contributed by atoms with van der Waals surface area (Å²) < 4.78 is 0. The standard InChI is InChI=1S/C18H20ClN3O/c19-13-6-8-15(9-7-13)21-16-10-11-17(20-12-16)18(23)22-14-4-2-1-3-5-14/h6-12,14,21H,1-5H2,(H,22,23). The maximum atomic E-state index is 12.2. The third-order valence-corrected chi connectivity index (χ3v) is 4.32. The summed E-state index contributed by atoms with van der Waals surface area (Å²) >= 11 is 5.87. The normalized spacial score (nSPS) is 15.2. The van der Waals surface area contributed by atoms with Crippen LogP contribution in [0.25, 0.3) is 0 Å². The minimum absolute atomic E-state index is 0.0880. The quantitative estimate of drug-likeness (QED) is 0.865. The van der Waals surface area contributed by atoms with Gasteiger partial charge in [-0.2, -0.15) is 0 Å². The zero-order valence-corrected chi connectivity index (χ0v) is 13.6. The number of pyridine rings is 1. The summed E-state index contributed by atoms with van der Waals surface area (Å²) in [5.41, 5.74) is 2.22. The van der Waals surface area contributed by atoms with Crippen LogP contribution in [-0.4, -0.2) is 16.9 Å². The van der Waals surface area contributed by atoms with Gasteiger partial charge >= 0.3 is 0 Å². The molecule has 2 N–H and O–H groups in total. The van der Waals surface area contributed by atoms with Gasteiger partial charge in [-0.15, -0.1) is 0 Å². The minimum atomic E-state index is -0.0880. The van der Waals surface area contributed by atoms with Crippen LogP contribution in [-0.2, 0) is 0 Å². The van der Waals surface area contributed by atoms with Gasteiger partial charge in [0.2, 0.25) is 0 Å². The van der Waals surface area contributed by atoms with Crippen LogP contribution in [0.2, 0.25) is 5.02 Å². The lowest BCUT2D eigenvalue weighted by atomic mass is 9.95. The maximum Gasteiger partial charge on any atom is 0.270 e. The minimum Gasteiger partial charge on any atom is -0.354 e. The predicted molar refractivity (Wildman–Crippen MR) is 93.3 cm³/mol. The average molecular weight is 330 g/mol. The van der Waals surface area contributed by atoms with Crippen LogP contribution < -0.4 is 10.6 Å². The number of rotatable bonds is 4. The lowest BCUT2D eigenvalue weighted by Gasteiger charge is -2.22. The summed E-state index contributed by atoms with van der Waals surface area (Å²) in [6.07, 6.45) is 7.48. The second-order valence-electron chi connectivity index (χ2n) is 5.87. The fourth-order valence-corrected chi connectivity index (χ4v) is 2.93. The number of carbonyl (C=O) groups is 1. The summed E-state index contributed by atoms with van der Waals surface area (Å²) in [7, 11) is 0. The molecule has 4 nitrogen and oxygen atoms in total. The number of anilines is 2. The Hall–Kier alpha value is -2.07. The predicted octanol–water partition coefficient (Wildman–Crippen LogP) is 4.54. The van der Waals surface area contributed by atoms with E-state index in [0.717, 1.165) is 24.2 Å². The maximum absolute atomic E-state index is 12.2. The fourth-order valence-electron chi connectivity index (χ4n) is 2.81. The molecule has 0 saturated heterocycles. The molecule has 1 aromatic carbocycles. The second kappa shape index (κ2) is 7.47. The second-order valence-corrected chi connectivity index (χ2v) is 6.31. The fraction of sp³-hybridized carbons (Fsp3) is 0.333. The first-order valence-electron chi connectivity index (χ1n) is 8.00. The molecule has 1 saturated carbocycles. The summed E-state index contributed by atoms with van der Waals surface area (Å²) in [5.74, 6) is -0.0880. The SMILES string of the molecule is O=C(NC1CCCCC1)c1ccc(Nc2ccc(Cl)cc2)cn1. The first-order valence-corrected chi connectivity index (χ1v) is 8.38. The molecule has 1 fully saturated rings. The van der Waals surface area contributed by atoms with Gasteiger partial charge in [0.1, 0.15) is 5.69 Å². The molecule has 5 heteroatoms. The number of hydrogen-bond acceptors (Lipinski definition) is 3. The topological polar surface area (TPSA) is 54.0 Å². The summed E-state index contributed by atoms with van der Waals surface area (Å²) in [6.45, 7) is 0. The average Bonchev–Trinajstić information content (AvgIpc) is 2.58. The Morgan fingerprint density at radius 3 is 2.35 bits per heavy atom. The Bertz CT molecular complexity index is 649. The molecule has 1 amide bonds. The number of aromatic nitrogens is 1. The summed E-state index contributed by atoms with van der Waals surface area (Å²) in [4.78, 5) is 16.5. The van der Waals surface area contributed by atoms with Gasteiger partial charge in [-0.1, -0.05) is 30.9 Å². The highest BCUT2D eigenvalue weighted by Gasteiger charge is 2.17. The van der Waals surface area contributed by atoms with Crippen LogP contribution in [0.3, 0.4) is 0 Å². The van der Waals surface area contributed by atoms with E-state index in [1.807, 2.05) is 30.3 Å². The van der Waals surface area contributed by atoms with Crippen LogP contribution in [0, 0.1) is 0 Å². The Morgan fingerprint density at radius 2 is 1.70 bits per heavy atom. The van der Waals surface area contributed by atoms with Crippen molar-refractivity contribution in [3.05, 3.63) is 53.3 Å². The van der Waals surface area contributed by atoms with E-state index in [1.54, 1.807) is 12.3 Å². The van der Waals surface area contributed by atoms with E-state index < -0.39 is 0 Å². The van der Waals surface area contributed by atoms with Gasteiger partial charge in [0.05, 0.1) is 11.9 Å². The van der Waals surface area contributed by atoms with Crippen LogP contribution in [0.1, 0.15) is 42.6 Å². The third kappa shape index (κ3) is 4.45. The molecule has 1 aromatic heterocycles. The first kappa shape index (κ1) is 15.8. The number of nitrogens with zero attached hydrogens (tertiary/aromatic N) is 1. The third-order valence-electron chi connectivity index (χ3n) is 4.07. The molecule has 1 aliphatic carbocycles. The zero-order valence-electron chi connectivity index (χ0n) is 12.9. The van der Waals surface area contributed by atoms with Crippen LogP contribution in [0.5, 0.6) is 0 Å². The van der Waals surface area contributed by atoms with Crippen molar-refractivity contribution in [1.82, 2.24) is 10.3 Å². The van der Waals surface area contributed by atoms with E-state index in [2.05, 4.69) is 15.6 Å². The van der Waals surface area contributed by atoms with E-state index in [9.17, 15) is 4.79 Å². The number of carbonyl (C=O) groups excluding carboxylic acids is 1. The van der Waals surface area contributed by atoms with Crippen molar-refractivity contribution >= 4 is 28.9 Å². The van der Waals surface area contributed by atoms with Gasteiger partial charge in [-0.25, -0.2) is 4.98 Å². The van der Waals surface area contributed by atoms with Crippen LogP contribution >= 0.6 is 11.6 Å². The molecular weight excluding hydrogens is 310 g/mol. The monoisotopic (exact) mass is 329 g/mol. The molecule has 120 valence electrons. The lowest BCUT2D eigenvalue weighted by Crippen LogP contribution is -2.36. The Kier molecular flexibility index (Phi) is 5.13. The molecule has 23 heavy (non-hydrogen) atoms. The molecule has 0 bridgehead atoms. The summed E-state index contributed by atoms with van der Waals surface area (Å²) in [6, 6.07) is 11.3. The summed E-state index contributed by atoms with van der Waals surface area (Å²) in [5, 5.41) is 7.00. The van der Waals surface area contributed by atoms with Gasteiger partial charge in [-0.05, 0) is 49.2 Å². The Labute approximate surface area is 141 Å². The molecule has 1 aliphatic rings. The smallest absolute Gasteiger partial charge is 0.270 e. The van der Waals surface area contributed by atoms with Crippen molar-refractivity contribution < 1.29 is 4.79 Å². The molecule has 3 rings (SSSR count). The molecule has 0 unspecified atom stereocenters. The number of amides is 1. The van der Waals surface area contributed by atoms with Gasteiger partial charge in [-0.3, -0.25) is 4.79 Å². The Balaban J connectivity index is 1.59. The number of benzene rings is 1. The highest BCUT2D eigenvalue weighted by atomic mass is 35.5. The van der Waals surface area contributed by atoms with Gasteiger partial charge in [0.25, 0.3) is 5.91 Å². The van der Waals surface area contributed by atoms with E-state index >= 15 is 0 Å². The van der Waals surface area contributed by atoms with Crippen molar-refractivity contribution in [1.29, 1.82) is 0 Å². The van der Waals surface area contributed by atoms with Crippen LogP contribution in [0.4, 0.5) is 11.4 Å². The van der Waals surface area contributed by atoms with E-state index in [0.29, 0.717) is 16.8 Å². The van der Waals surface area contributed by atoms with Crippen molar-refractivity contribution in [2.45, 2.75) is 38.1 Å². The molecule has 0 aliphatic heterocycles. The largest absolute Gasteiger partial charge is 0.354 e. The van der Waals surface area contributed by atoms with Gasteiger partial charge in [0.15, 0.2) is 0 Å². The van der Waals surface area contributed by atoms with E-state index in [1.165, 1.54) is 19.3 Å². The van der Waals surface area contributed by atoms with Gasteiger partial charge in [0, 0.05) is 16.8 Å². The molecular formula is C18H20ClN3O. The molecule has 0 spiro atoms. The lowest BCUT2D eigenvalue weighted by molar-refractivity contribution is 0.0922. The van der Waals surface area contributed by atoms with Crippen LogP contribution in [0.15, 0.2) is 42.6 Å². The molecule has 2 aromatic rings. The van der Waals surface area contributed by atoms with Crippen molar-refractivity contribution in [3.8, 4) is 0 Å². The van der Waals surface area contributed by atoms with E-state index in [-0.39, 0.29) is 5.91 Å². The van der Waals surface area contributed by atoms with E-state index in [4.69, 9.17) is 11.6 Å². The van der Waals surface area contributed by atoms with Crippen molar-refractivity contribution in [3.63, 3.8) is 0 Å². The first-order chi connectivity index (χ1) is 11.2. The highest BCUT2D eigenvalue weighted by molar-refractivity contribution is 6.30.